The Labute approximate surface area is 159 Å². The first-order chi connectivity index (χ1) is 13.0. The molecular formula is C18H19N3O5S. The van der Waals surface area contributed by atoms with Gasteiger partial charge in [-0.3, -0.25) is 9.59 Å². The second-order valence-electron chi connectivity index (χ2n) is 5.86. The summed E-state index contributed by atoms with van der Waals surface area (Å²) in [5.41, 5.74) is 6.59. The Morgan fingerprint density at radius 1 is 1.26 bits per heavy atom. The van der Waals surface area contributed by atoms with E-state index in [4.69, 9.17) is 15.2 Å². The molecule has 0 spiro atoms. The van der Waals surface area contributed by atoms with Crippen LogP contribution in [0.5, 0.6) is 5.75 Å². The van der Waals surface area contributed by atoms with Crippen molar-refractivity contribution in [1.82, 2.24) is 4.90 Å². The summed E-state index contributed by atoms with van der Waals surface area (Å²) >= 11 is 1.23. The number of ether oxygens (including phenoxy) is 2. The summed E-state index contributed by atoms with van der Waals surface area (Å²) in [7, 11) is 1.32. The van der Waals surface area contributed by atoms with E-state index in [9.17, 15) is 14.4 Å². The van der Waals surface area contributed by atoms with Gasteiger partial charge in [0.1, 0.15) is 10.8 Å². The summed E-state index contributed by atoms with van der Waals surface area (Å²) in [4.78, 5) is 38.2. The predicted octanol–water partition coefficient (Wildman–Crippen LogP) is 1.99. The molecule has 2 heterocycles. The summed E-state index contributed by atoms with van der Waals surface area (Å²) in [6, 6.07) is 8.94. The molecule has 3 rings (SSSR count). The SMILES string of the molecule is COC(=O)N1CCc2c(sc(NC(=O)COc3ccccc3)c2C(N)=O)C1. The van der Waals surface area contributed by atoms with Gasteiger partial charge in [0, 0.05) is 11.4 Å². The van der Waals surface area contributed by atoms with Crippen LogP contribution in [0.25, 0.3) is 0 Å². The van der Waals surface area contributed by atoms with Crippen molar-refractivity contribution < 1.29 is 23.9 Å². The summed E-state index contributed by atoms with van der Waals surface area (Å²) in [5.74, 6) is -0.440. The van der Waals surface area contributed by atoms with Crippen LogP contribution in [0.2, 0.25) is 0 Å². The first-order valence-corrected chi connectivity index (χ1v) is 9.06. The van der Waals surface area contributed by atoms with E-state index in [0.717, 1.165) is 10.4 Å². The van der Waals surface area contributed by atoms with Gasteiger partial charge in [0.25, 0.3) is 11.8 Å². The molecule has 0 unspecified atom stereocenters. The second-order valence-corrected chi connectivity index (χ2v) is 6.97. The third-order valence-electron chi connectivity index (χ3n) is 4.10. The molecule has 8 nitrogen and oxygen atoms in total. The highest BCUT2D eigenvalue weighted by Crippen LogP contribution is 2.37. The fraction of sp³-hybridized carbons (Fsp3) is 0.278. The number of para-hydroxylation sites is 1. The van der Waals surface area contributed by atoms with Crippen molar-refractivity contribution in [3.63, 3.8) is 0 Å². The first-order valence-electron chi connectivity index (χ1n) is 8.24. The Morgan fingerprint density at radius 3 is 2.67 bits per heavy atom. The van der Waals surface area contributed by atoms with Gasteiger partial charge in [-0.2, -0.15) is 0 Å². The number of primary amides is 1. The molecule has 1 aliphatic rings. The number of benzene rings is 1. The molecule has 1 aromatic carbocycles. The molecule has 0 saturated carbocycles. The number of carbonyl (C=O) groups excluding carboxylic acids is 3. The smallest absolute Gasteiger partial charge is 0.409 e. The monoisotopic (exact) mass is 389 g/mol. The van der Waals surface area contributed by atoms with Crippen molar-refractivity contribution in [2.75, 3.05) is 25.6 Å². The van der Waals surface area contributed by atoms with Gasteiger partial charge in [0.15, 0.2) is 6.61 Å². The number of thiophene rings is 1. The normalized spacial score (nSPS) is 12.9. The highest BCUT2D eigenvalue weighted by atomic mass is 32.1. The number of rotatable bonds is 5. The molecule has 3 N–H and O–H groups in total. The van der Waals surface area contributed by atoms with E-state index >= 15 is 0 Å². The standard InChI is InChI=1S/C18H19N3O5S/c1-25-18(24)21-8-7-12-13(9-21)27-17(15(12)16(19)23)20-14(22)10-26-11-5-3-2-4-6-11/h2-6H,7-10H2,1H3,(H2,19,23)(H,20,22). The summed E-state index contributed by atoms with van der Waals surface area (Å²) < 4.78 is 10.2. The molecule has 0 aliphatic carbocycles. The predicted molar refractivity (Wildman–Crippen MR) is 99.9 cm³/mol. The van der Waals surface area contributed by atoms with Crippen LogP contribution in [0.3, 0.4) is 0 Å². The number of hydrogen-bond donors (Lipinski definition) is 2. The molecule has 1 aromatic heterocycles. The van der Waals surface area contributed by atoms with Gasteiger partial charge >= 0.3 is 6.09 Å². The number of nitrogens with zero attached hydrogens (tertiary/aromatic N) is 1. The van der Waals surface area contributed by atoms with E-state index in [0.29, 0.717) is 35.8 Å². The fourth-order valence-corrected chi connectivity index (χ4v) is 4.15. The molecule has 0 fully saturated rings. The number of carbonyl (C=O) groups is 3. The van der Waals surface area contributed by atoms with Crippen molar-refractivity contribution in [3.05, 3.63) is 46.3 Å². The minimum absolute atomic E-state index is 0.195. The number of methoxy groups -OCH3 is 1. The van der Waals surface area contributed by atoms with Gasteiger partial charge in [-0.1, -0.05) is 18.2 Å². The van der Waals surface area contributed by atoms with E-state index in [1.54, 1.807) is 24.3 Å². The Balaban J connectivity index is 1.73. The average Bonchev–Trinajstić information content (AvgIpc) is 3.03. The van der Waals surface area contributed by atoms with Crippen molar-refractivity contribution in [1.29, 1.82) is 0 Å². The van der Waals surface area contributed by atoms with Gasteiger partial charge in [-0.25, -0.2) is 4.79 Å². The highest BCUT2D eigenvalue weighted by Gasteiger charge is 2.29. The maximum absolute atomic E-state index is 12.2. The van der Waals surface area contributed by atoms with Gasteiger partial charge < -0.3 is 25.4 Å². The minimum Gasteiger partial charge on any atom is -0.484 e. The zero-order valence-corrected chi connectivity index (χ0v) is 15.5. The third kappa shape index (κ3) is 4.20. The number of hydrogen-bond acceptors (Lipinski definition) is 6. The molecule has 0 radical (unpaired) electrons. The van der Waals surface area contributed by atoms with E-state index in [-0.39, 0.29) is 6.61 Å². The number of anilines is 1. The van der Waals surface area contributed by atoms with Gasteiger partial charge in [0.2, 0.25) is 0 Å². The third-order valence-corrected chi connectivity index (χ3v) is 5.23. The summed E-state index contributed by atoms with van der Waals surface area (Å²) in [6.07, 6.45) is 0.0341. The van der Waals surface area contributed by atoms with Gasteiger partial charge in [-0.05, 0) is 24.1 Å². The van der Waals surface area contributed by atoms with Crippen LogP contribution >= 0.6 is 11.3 Å². The van der Waals surface area contributed by atoms with Crippen molar-refractivity contribution in [3.8, 4) is 5.75 Å². The fourth-order valence-electron chi connectivity index (χ4n) is 2.87. The number of amides is 3. The number of nitrogens with one attached hydrogen (secondary N) is 1. The topological polar surface area (TPSA) is 111 Å². The van der Waals surface area contributed by atoms with E-state index in [2.05, 4.69) is 5.32 Å². The van der Waals surface area contributed by atoms with Crippen LogP contribution in [0, 0.1) is 0 Å². The van der Waals surface area contributed by atoms with Crippen molar-refractivity contribution in [2.24, 2.45) is 5.73 Å². The quantitative estimate of drug-likeness (QED) is 0.812. The Morgan fingerprint density at radius 2 is 2.00 bits per heavy atom. The first kappa shape index (κ1) is 18.7. The van der Waals surface area contributed by atoms with Crippen molar-refractivity contribution >= 4 is 34.2 Å². The summed E-state index contributed by atoms with van der Waals surface area (Å²) in [6.45, 7) is 0.531. The molecule has 3 amide bonds. The highest BCUT2D eigenvalue weighted by molar-refractivity contribution is 7.17. The summed E-state index contributed by atoms with van der Waals surface area (Å²) in [5, 5.41) is 3.07. The Kier molecular flexibility index (Phi) is 5.60. The largest absolute Gasteiger partial charge is 0.484 e. The van der Waals surface area contributed by atoms with Gasteiger partial charge in [0.05, 0.1) is 19.2 Å². The van der Waals surface area contributed by atoms with E-state index in [1.165, 1.54) is 23.3 Å². The second kappa shape index (κ2) is 8.09. The molecule has 0 bridgehead atoms. The zero-order chi connectivity index (χ0) is 19.4. The zero-order valence-electron chi connectivity index (χ0n) is 14.7. The van der Waals surface area contributed by atoms with Crippen molar-refractivity contribution in [2.45, 2.75) is 13.0 Å². The van der Waals surface area contributed by atoms with Crippen LogP contribution < -0.4 is 15.8 Å². The lowest BCUT2D eigenvalue weighted by Gasteiger charge is -2.25. The van der Waals surface area contributed by atoms with Crippen LogP contribution in [0.1, 0.15) is 20.8 Å². The lowest BCUT2D eigenvalue weighted by Crippen LogP contribution is -2.35. The maximum Gasteiger partial charge on any atom is 0.409 e. The lowest BCUT2D eigenvalue weighted by atomic mass is 10.0. The average molecular weight is 389 g/mol. The minimum atomic E-state index is -0.613. The van der Waals surface area contributed by atoms with Crippen LogP contribution in [0.4, 0.5) is 9.80 Å². The molecule has 9 heteroatoms. The molecule has 27 heavy (non-hydrogen) atoms. The number of fused-ring (bicyclic) bond motifs is 1. The molecule has 0 saturated heterocycles. The maximum atomic E-state index is 12.2. The lowest BCUT2D eigenvalue weighted by molar-refractivity contribution is -0.118. The molecule has 142 valence electrons. The molecule has 0 atom stereocenters. The van der Waals surface area contributed by atoms with Gasteiger partial charge in [-0.15, -0.1) is 11.3 Å². The molecule has 2 aromatic rings. The van der Waals surface area contributed by atoms with E-state index < -0.39 is 17.9 Å². The van der Waals surface area contributed by atoms with Crippen LogP contribution in [0.15, 0.2) is 30.3 Å². The molecule has 1 aliphatic heterocycles. The van der Waals surface area contributed by atoms with Crippen LogP contribution in [-0.2, 0) is 22.5 Å². The van der Waals surface area contributed by atoms with E-state index in [1.807, 2.05) is 6.07 Å². The number of nitrogens with two attached hydrogens (primary N) is 1. The Bertz CT molecular complexity index is 865. The van der Waals surface area contributed by atoms with Crippen LogP contribution in [-0.4, -0.2) is 43.1 Å². The molecular weight excluding hydrogens is 370 g/mol. The Hall–Kier alpha value is -3.07.